The largest absolute Gasteiger partial charge is 0.388 e. The fourth-order valence-electron chi connectivity index (χ4n) is 1.23. The number of nitrogens with one attached hydrogen (secondary N) is 1. The highest BCUT2D eigenvalue weighted by Crippen LogP contribution is 2.18. The lowest BCUT2D eigenvalue weighted by atomic mass is 9.98. The fourth-order valence-corrected chi connectivity index (χ4v) is 1.23. The Hall–Kier alpha value is -0.980. The predicted octanol–water partition coefficient (Wildman–Crippen LogP) is 3.27. The SMILES string of the molecule is C=C(/C(NC)=C(C)\C=C/C)C(C)C. The normalized spacial score (nSPS) is 13.4. The number of hydrogen-bond donors (Lipinski definition) is 1. The molecule has 1 nitrogen and oxygen atoms in total. The molecule has 0 bridgehead atoms. The van der Waals surface area contributed by atoms with Crippen molar-refractivity contribution in [1.29, 1.82) is 0 Å². The summed E-state index contributed by atoms with van der Waals surface area (Å²) in [6.45, 7) is 12.5. The summed E-state index contributed by atoms with van der Waals surface area (Å²) in [4.78, 5) is 0. The van der Waals surface area contributed by atoms with Crippen LogP contribution in [0.3, 0.4) is 0 Å². The van der Waals surface area contributed by atoms with Crippen molar-refractivity contribution in [2.24, 2.45) is 5.92 Å². The quantitative estimate of drug-likeness (QED) is 0.653. The molecule has 0 amide bonds. The molecule has 0 rings (SSSR count). The summed E-state index contributed by atoms with van der Waals surface area (Å²) < 4.78 is 0. The third-order valence-corrected chi connectivity index (χ3v) is 2.08. The lowest BCUT2D eigenvalue weighted by molar-refractivity contribution is 0.754. The smallest absolute Gasteiger partial charge is 0.0396 e. The number of likely N-dealkylation sites (N-methyl/N-ethyl adjacent to an activating group) is 1. The Morgan fingerprint density at radius 3 is 2.23 bits per heavy atom. The highest BCUT2D eigenvalue weighted by atomic mass is 14.8. The van der Waals surface area contributed by atoms with Crippen molar-refractivity contribution in [3.63, 3.8) is 0 Å². The van der Waals surface area contributed by atoms with Crippen LogP contribution in [-0.2, 0) is 0 Å². The Morgan fingerprint density at radius 2 is 1.92 bits per heavy atom. The minimum Gasteiger partial charge on any atom is -0.388 e. The van der Waals surface area contributed by atoms with Gasteiger partial charge in [-0.05, 0) is 30.9 Å². The molecular weight excluding hydrogens is 158 g/mol. The molecule has 74 valence electrons. The molecule has 1 heteroatoms. The molecule has 0 aliphatic heterocycles. The van der Waals surface area contributed by atoms with Crippen molar-refractivity contribution in [3.8, 4) is 0 Å². The average Bonchev–Trinajstić information content (AvgIpc) is 2.05. The first-order chi connectivity index (χ1) is 6.04. The molecule has 0 aromatic heterocycles. The van der Waals surface area contributed by atoms with Crippen LogP contribution in [0.5, 0.6) is 0 Å². The molecule has 0 radical (unpaired) electrons. The molecule has 0 saturated heterocycles. The molecule has 0 atom stereocenters. The van der Waals surface area contributed by atoms with Gasteiger partial charge in [-0.15, -0.1) is 0 Å². The zero-order valence-electron chi connectivity index (χ0n) is 9.44. The molecule has 0 unspecified atom stereocenters. The van der Waals surface area contributed by atoms with Gasteiger partial charge in [-0.2, -0.15) is 0 Å². The lowest BCUT2D eigenvalue weighted by Crippen LogP contribution is -2.13. The average molecular weight is 179 g/mol. The van der Waals surface area contributed by atoms with Crippen molar-refractivity contribution >= 4 is 0 Å². The van der Waals surface area contributed by atoms with Gasteiger partial charge in [0.25, 0.3) is 0 Å². The van der Waals surface area contributed by atoms with Crippen LogP contribution in [-0.4, -0.2) is 7.05 Å². The van der Waals surface area contributed by atoms with E-state index in [0.29, 0.717) is 5.92 Å². The topological polar surface area (TPSA) is 12.0 Å². The third kappa shape index (κ3) is 3.49. The van der Waals surface area contributed by atoms with Crippen molar-refractivity contribution in [1.82, 2.24) is 5.32 Å². The minimum absolute atomic E-state index is 0.489. The van der Waals surface area contributed by atoms with Gasteiger partial charge in [-0.3, -0.25) is 0 Å². The maximum atomic E-state index is 4.07. The molecule has 0 fully saturated rings. The van der Waals surface area contributed by atoms with Crippen LogP contribution in [0.15, 0.2) is 35.6 Å². The monoisotopic (exact) mass is 179 g/mol. The summed E-state index contributed by atoms with van der Waals surface area (Å²) in [7, 11) is 1.94. The van der Waals surface area contributed by atoms with E-state index in [4.69, 9.17) is 0 Å². The van der Waals surface area contributed by atoms with Gasteiger partial charge < -0.3 is 5.32 Å². The summed E-state index contributed by atoms with van der Waals surface area (Å²) in [5, 5.41) is 3.20. The highest BCUT2D eigenvalue weighted by Gasteiger charge is 2.06. The van der Waals surface area contributed by atoms with Crippen LogP contribution in [0.1, 0.15) is 27.7 Å². The van der Waals surface area contributed by atoms with E-state index in [1.165, 1.54) is 5.57 Å². The van der Waals surface area contributed by atoms with Crippen molar-refractivity contribution in [2.45, 2.75) is 27.7 Å². The first kappa shape index (κ1) is 12.0. The molecule has 0 aromatic rings. The number of allylic oxidation sites excluding steroid dienone is 4. The van der Waals surface area contributed by atoms with Gasteiger partial charge in [-0.25, -0.2) is 0 Å². The molecule has 0 spiro atoms. The molecule has 0 saturated carbocycles. The fraction of sp³-hybridized carbons (Fsp3) is 0.500. The van der Waals surface area contributed by atoms with E-state index >= 15 is 0 Å². The van der Waals surface area contributed by atoms with Gasteiger partial charge in [0.15, 0.2) is 0 Å². The minimum atomic E-state index is 0.489. The van der Waals surface area contributed by atoms with E-state index in [0.717, 1.165) is 11.3 Å². The van der Waals surface area contributed by atoms with Gasteiger partial charge in [0.05, 0.1) is 0 Å². The maximum Gasteiger partial charge on any atom is 0.0396 e. The molecule has 0 heterocycles. The summed E-state index contributed by atoms with van der Waals surface area (Å²) in [5.41, 5.74) is 3.56. The molecule has 0 aliphatic rings. The van der Waals surface area contributed by atoms with Crippen molar-refractivity contribution in [2.75, 3.05) is 7.05 Å². The molecular formula is C12H21N. The van der Waals surface area contributed by atoms with Gasteiger partial charge in [0.1, 0.15) is 0 Å². The van der Waals surface area contributed by atoms with E-state index in [-0.39, 0.29) is 0 Å². The van der Waals surface area contributed by atoms with E-state index in [9.17, 15) is 0 Å². The second-order valence-corrected chi connectivity index (χ2v) is 3.49. The Labute approximate surface area is 82.2 Å². The van der Waals surface area contributed by atoms with Crippen LogP contribution in [0.4, 0.5) is 0 Å². The van der Waals surface area contributed by atoms with E-state index in [2.05, 4.69) is 38.7 Å². The van der Waals surface area contributed by atoms with Gasteiger partial charge in [0.2, 0.25) is 0 Å². The van der Waals surface area contributed by atoms with E-state index in [1.54, 1.807) is 0 Å². The molecule has 0 aliphatic carbocycles. The second kappa shape index (κ2) is 5.63. The van der Waals surface area contributed by atoms with Crippen molar-refractivity contribution < 1.29 is 0 Å². The van der Waals surface area contributed by atoms with Crippen LogP contribution >= 0.6 is 0 Å². The zero-order chi connectivity index (χ0) is 10.4. The third-order valence-electron chi connectivity index (χ3n) is 2.08. The van der Waals surface area contributed by atoms with Crippen LogP contribution < -0.4 is 5.32 Å². The Balaban J connectivity index is 4.87. The zero-order valence-corrected chi connectivity index (χ0v) is 9.44. The second-order valence-electron chi connectivity index (χ2n) is 3.49. The van der Waals surface area contributed by atoms with Crippen LogP contribution in [0, 0.1) is 5.92 Å². The van der Waals surface area contributed by atoms with Gasteiger partial charge >= 0.3 is 0 Å². The Morgan fingerprint density at radius 1 is 1.38 bits per heavy atom. The van der Waals surface area contributed by atoms with Crippen LogP contribution in [0.2, 0.25) is 0 Å². The van der Waals surface area contributed by atoms with Crippen molar-refractivity contribution in [3.05, 3.63) is 35.6 Å². The lowest BCUT2D eigenvalue weighted by Gasteiger charge is -2.15. The molecule has 13 heavy (non-hydrogen) atoms. The highest BCUT2D eigenvalue weighted by molar-refractivity contribution is 5.36. The van der Waals surface area contributed by atoms with E-state index in [1.807, 2.05) is 20.0 Å². The summed E-state index contributed by atoms with van der Waals surface area (Å²) >= 11 is 0. The molecule has 0 aromatic carbocycles. The van der Waals surface area contributed by atoms with Crippen LogP contribution in [0.25, 0.3) is 0 Å². The predicted molar refractivity (Wildman–Crippen MR) is 60.6 cm³/mol. The molecule has 1 N–H and O–H groups in total. The standard InChI is InChI=1S/C12H21N/c1-7-8-10(4)12(13-6)11(5)9(2)3/h7-9,13H,5H2,1-4,6H3/b8-7-,12-10+. The first-order valence-electron chi connectivity index (χ1n) is 4.75. The number of hydrogen-bond acceptors (Lipinski definition) is 1. The van der Waals surface area contributed by atoms with Gasteiger partial charge in [-0.1, -0.05) is 32.6 Å². The Kier molecular flexibility index (Phi) is 5.20. The Bertz CT molecular complexity index is 232. The summed E-state index contributed by atoms with van der Waals surface area (Å²) in [6.07, 6.45) is 4.14. The summed E-state index contributed by atoms with van der Waals surface area (Å²) in [6, 6.07) is 0. The van der Waals surface area contributed by atoms with E-state index < -0.39 is 0 Å². The summed E-state index contributed by atoms with van der Waals surface area (Å²) in [5.74, 6) is 0.489. The number of rotatable bonds is 4. The first-order valence-corrected chi connectivity index (χ1v) is 4.75. The maximum absolute atomic E-state index is 4.07. The van der Waals surface area contributed by atoms with Gasteiger partial charge in [0, 0.05) is 12.7 Å².